The van der Waals surface area contributed by atoms with Crippen LogP contribution in [0.2, 0.25) is 0 Å². The average Bonchev–Trinajstić information content (AvgIpc) is 2.87. The molecule has 1 aliphatic rings. The van der Waals surface area contributed by atoms with Crippen molar-refractivity contribution in [2.75, 3.05) is 30.5 Å². The predicted molar refractivity (Wildman–Crippen MR) is 130 cm³/mol. The Morgan fingerprint density at radius 3 is 2.61 bits per heavy atom. The maximum Gasteiger partial charge on any atom is 0.262 e. The number of hydrogen-bond acceptors (Lipinski definition) is 5. The van der Waals surface area contributed by atoms with Crippen LogP contribution in [0.1, 0.15) is 11.1 Å². The van der Waals surface area contributed by atoms with Gasteiger partial charge in [-0.1, -0.05) is 48.5 Å². The van der Waals surface area contributed by atoms with Crippen molar-refractivity contribution < 1.29 is 14.3 Å². The van der Waals surface area contributed by atoms with E-state index >= 15 is 0 Å². The molecule has 0 saturated carbocycles. The summed E-state index contributed by atoms with van der Waals surface area (Å²) in [6.07, 6.45) is 0.997. The summed E-state index contributed by atoms with van der Waals surface area (Å²) in [6.45, 7) is 1.62. The normalized spacial score (nSPS) is 12.8. The highest BCUT2D eigenvalue weighted by atomic mass is 16.5. The number of carbonyl (C=O) groups is 1. The number of fused-ring (bicyclic) bond motifs is 2. The zero-order valence-corrected chi connectivity index (χ0v) is 18.5. The van der Waals surface area contributed by atoms with Gasteiger partial charge in [-0.05, 0) is 47.9 Å². The Morgan fingerprint density at radius 1 is 0.939 bits per heavy atom. The summed E-state index contributed by atoms with van der Waals surface area (Å²) >= 11 is 0. The molecular formula is C27H25N3O3. The van der Waals surface area contributed by atoms with Gasteiger partial charge in [-0.15, -0.1) is 0 Å². The minimum absolute atomic E-state index is 0.125. The SMILES string of the molecule is COc1ccccc1NC(=O)COc1cccc2ccc(N3CCc4ccccc4C3)nc12. The number of carbonyl (C=O) groups excluding carboxylic acids is 1. The Bertz CT molecular complexity index is 1300. The largest absolute Gasteiger partial charge is 0.495 e. The van der Waals surface area contributed by atoms with E-state index in [1.165, 1.54) is 11.1 Å². The molecule has 1 amide bonds. The first kappa shape index (κ1) is 20.8. The highest BCUT2D eigenvalue weighted by Gasteiger charge is 2.18. The highest BCUT2D eigenvalue weighted by molar-refractivity contribution is 5.94. The standard InChI is InChI=1S/C27H25N3O3/c1-32-23-11-5-4-10-22(23)28-26(31)18-33-24-12-6-9-20-13-14-25(29-27(20)24)30-16-15-19-7-2-3-8-21(19)17-30/h2-14H,15-18H2,1H3,(H,28,31). The molecule has 0 unspecified atom stereocenters. The highest BCUT2D eigenvalue weighted by Crippen LogP contribution is 2.29. The van der Waals surface area contributed by atoms with Crippen LogP contribution < -0.4 is 19.7 Å². The minimum Gasteiger partial charge on any atom is -0.495 e. The van der Waals surface area contributed by atoms with Gasteiger partial charge in [0.05, 0.1) is 12.8 Å². The summed E-state index contributed by atoms with van der Waals surface area (Å²) in [5.74, 6) is 1.83. The molecule has 6 nitrogen and oxygen atoms in total. The third-order valence-electron chi connectivity index (χ3n) is 5.86. The zero-order chi connectivity index (χ0) is 22.6. The van der Waals surface area contributed by atoms with Crippen molar-refractivity contribution in [2.24, 2.45) is 0 Å². The van der Waals surface area contributed by atoms with Gasteiger partial charge in [0.25, 0.3) is 5.91 Å². The number of anilines is 2. The van der Waals surface area contributed by atoms with Crippen LogP contribution in [0.15, 0.2) is 78.9 Å². The van der Waals surface area contributed by atoms with E-state index in [2.05, 4.69) is 46.6 Å². The van der Waals surface area contributed by atoms with Crippen molar-refractivity contribution >= 4 is 28.3 Å². The second-order valence-electron chi connectivity index (χ2n) is 7.97. The van der Waals surface area contributed by atoms with Crippen LogP contribution in [0.5, 0.6) is 11.5 Å². The van der Waals surface area contributed by atoms with Gasteiger partial charge in [0.15, 0.2) is 6.61 Å². The topological polar surface area (TPSA) is 63.7 Å². The van der Waals surface area contributed by atoms with Crippen molar-refractivity contribution in [2.45, 2.75) is 13.0 Å². The molecule has 0 atom stereocenters. The van der Waals surface area contributed by atoms with E-state index in [9.17, 15) is 4.79 Å². The first-order valence-electron chi connectivity index (χ1n) is 11.0. The molecule has 166 valence electrons. The van der Waals surface area contributed by atoms with Gasteiger partial charge in [-0.25, -0.2) is 4.98 Å². The molecule has 4 aromatic rings. The fraction of sp³-hybridized carbons (Fsp3) is 0.185. The molecule has 3 aromatic carbocycles. The van der Waals surface area contributed by atoms with Gasteiger partial charge < -0.3 is 19.7 Å². The van der Waals surface area contributed by atoms with E-state index in [4.69, 9.17) is 14.5 Å². The number of rotatable bonds is 6. The Morgan fingerprint density at radius 2 is 1.73 bits per heavy atom. The minimum atomic E-state index is -0.264. The monoisotopic (exact) mass is 439 g/mol. The summed E-state index contributed by atoms with van der Waals surface area (Å²) in [5, 5.41) is 3.81. The van der Waals surface area contributed by atoms with E-state index in [0.29, 0.717) is 17.2 Å². The summed E-state index contributed by atoms with van der Waals surface area (Å²) in [7, 11) is 1.57. The second-order valence-corrected chi connectivity index (χ2v) is 7.97. The zero-order valence-electron chi connectivity index (χ0n) is 18.5. The maximum atomic E-state index is 12.5. The number of nitrogens with one attached hydrogen (secondary N) is 1. The Hall–Kier alpha value is -4.06. The lowest BCUT2D eigenvalue weighted by Crippen LogP contribution is -2.30. The molecule has 33 heavy (non-hydrogen) atoms. The van der Waals surface area contributed by atoms with Crippen LogP contribution in [0.4, 0.5) is 11.5 Å². The molecule has 1 aliphatic heterocycles. The number of para-hydroxylation sites is 3. The van der Waals surface area contributed by atoms with Gasteiger partial charge in [-0.3, -0.25) is 4.79 Å². The number of aromatic nitrogens is 1. The van der Waals surface area contributed by atoms with Crippen LogP contribution >= 0.6 is 0 Å². The molecule has 0 radical (unpaired) electrons. The number of amides is 1. The third kappa shape index (κ3) is 4.46. The molecule has 0 saturated heterocycles. The van der Waals surface area contributed by atoms with Crippen LogP contribution in [-0.4, -0.2) is 31.2 Å². The van der Waals surface area contributed by atoms with E-state index in [0.717, 1.165) is 36.2 Å². The smallest absolute Gasteiger partial charge is 0.262 e. The van der Waals surface area contributed by atoms with Crippen LogP contribution in [0.25, 0.3) is 10.9 Å². The van der Waals surface area contributed by atoms with Crippen LogP contribution in [0, 0.1) is 0 Å². The van der Waals surface area contributed by atoms with Gasteiger partial charge in [-0.2, -0.15) is 0 Å². The second kappa shape index (κ2) is 9.20. The Kier molecular flexibility index (Phi) is 5.81. The molecular weight excluding hydrogens is 414 g/mol. The lowest BCUT2D eigenvalue weighted by atomic mass is 10.00. The number of nitrogens with zero attached hydrogens (tertiary/aromatic N) is 2. The third-order valence-corrected chi connectivity index (χ3v) is 5.86. The first-order chi connectivity index (χ1) is 16.2. The van der Waals surface area contributed by atoms with Crippen molar-refractivity contribution in [1.82, 2.24) is 4.98 Å². The number of hydrogen-bond donors (Lipinski definition) is 1. The Balaban J connectivity index is 1.33. The maximum absolute atomic E-state index is 12.5. The lowest BCUT2D eigenvalue weighted by molar-refractivity contribution is -0.118. The Labute approximate surface area is 192 Å². The van der Waals surface area contributed by atoms with E-state index in [1.807, 2.05) is 30.3 Å². The van der Waals surface area contributed by atoms with Gasteiger partial charge >= 0.3 is 0 Å². The summed E-state index contributed by atoms with van der Waals surface area (Å²) < 4.78 is 11.2. The molecule has 0 aliphatic carbocycles. The first-order valence-corrected chi connectivity index (χ1v) is 11.0. The predicted octanol–water partition coefficient (Wildman–Crippen LogP) is 4.82. The molecule has 0 fully saturated rings. The quantitative estimate of drug-likeness (QED) is 0.467. The van der Waals surface area contributed by atoms with E-state index < -0.39 is 0 Å². The van der Waals surface area contributed by atoms with E-state index in [-0.39, 0.29) is 12.5 Å². The van der Waals surface area contributed by atoms with Crippen molar-refractivity contribution in [3.05, 3.63) is 90.0 Å². The van der Waals surface area contributed by atoms with Crippen molar-refractivity contribution in [3.8, 4) is 11.5 Å². The fourth-order valence-corrected chi connectivity index (χ4v) is 4.17. The molecule has 6 heteroatoms. The molecule has 5 rings (SSSR count). The van der Waals surface area contributed by atoms with Gasteiger partial charge in [0.1, 0.15) is 22.8 Å². The van der Waals surface area contributed by atoms with Crippen LogP contribution in [-0.2, 0) is 17.8 Å². The fourth-order valence-electron chi connectivity index (χ4n) is 4.17. The van der Waals surface area contributed by atoms with E-state index in [1.54, 1.807) is 19.2 Å². The molecule has 0 spiro atoms. The number of benzene rings is 3. The van der Waals surface area contributed by atoms with Gasteiger partial charge in [0.2, 0.25) is 0 Å². The number of methoxy groups -OCH3 is 1. The molecule has 1 aromatic heterocycles. The summed E-state index contributed by atoms with van der Waals surface area (Å²) in [6, 6.07) is 25.7. The van der Waals surface area contributed by atoms with Crippen LogP contribution in [0.3, 0.4) is 0 Å². The average molecular weight is 440 g/mol. The summed E-state index contributed by atoms with van der Waals surface area (Å²) in [5.41, 5.74) is 4.10. The molecule has 0 bridgehead atoms. The van der Waals surface area contributed by atoms with Crippen molar-refractivity contribution in [1.29, 1.82) is 0 Å². The number of pyridine rings is 1. The van der Waals surface area contributed by atoms with Crippen molar-refractivity contribution in [3.63, 3.8) is 0 Å². The summed E-state index contributed by atoms with van der Waals surface area (Å²) in [4.78, 5) is 19.7. The number of ether oxygens (including phenoxy) is 2. The van der Waals surface area contributed by atoms with Gasteiger partial charge in [0, 0.05) is 18.5 Å². The molecule has 2 heterocycles. The molecule has 1 N–H and O–H groups in total. The lowest BCUT2D eigenvalue weighted by Gasteiger charge is -2.30.